The molecule has 0 aliphatic rings. The molecule has 110 valence electrons. The number of aryl methyl sites for hydroxylation is 1. The van der Waals surface area contributed by atoms with Crippen LogP contribution in [0.4, 0.5) is 0 Å². The highest BCUT2D eigenvalue weighted by atomic mass is 16.5. The number of pyridine rings is 1. The Balaban J connectivity index is 0. The maximum atomic E-state index is 10.8. The molecule has 4 heteroatoms. The summed E-state index contributed by atoms with van der Waals surface area (Å²) in [5.74, 6) is 0.838. The first-order valence-electron chi connectivity index (χ1n) is 7.00. The summed E-state index contributed by atoms with van der Waals surface area (Å²) in [6.07, 6.45) is 3.09. The molecule has 0 spiro atoms. The summed E-state index contributed by atoms with van der Waals surface area (Å²) in [6.45, 7) is 10.0. The van der Waals surface area contributed by atoms with E-state index in [-0.39, 0.29) is 7.21 Å². The lowest BCUT2D eigenvalue weighted by molar-refractivity contribution is -0.116. The van der Waals surface area contributed by atoms with E-state index < -0.39 is 0 Å². The Kier molecular flexibility index (Phi) is 10.8. The number of likely N-dealkylation sites (N-methyl/N-ethyl adjacent to an activating group) is 1. The molecule has 0 saturated carbocycles. The summed E-state index contributed by atoms with van der Waals surface area (Å²) in [5.41, 5.74) is 1.07. The fourth-order valence-electron chi connectivity index (χ4n) is 1.37. The molecular weight excluding hydrogens is 240 g/mol. The second-order valence-electron chi connectivity index (χ2n) is 3.91. The molecule has 0 aliphatic heterocycles. The first-order valence-corrected chi connectivity index (χ1v) is 7.00. The molecule has 1 aromatic rings. The van der Waals surface area contributed by atoms with Gasteiger partial charge in [-0.1, -0.05) is 26.8 Å². The van der Waals surface area contributed by atoms with E-state index in [1.165, 1.54) is 0 Å². The minimum atomic E-state index is 0. The highest BCUT2D eigenvalue weighted by Crippen LogP contribution is 2.09. The number of carbonyl (C=O) groups is 1. The largest absolute Gasteiger partial charge is 0.476 e. The van der Waals surface area contributed by atoms with Crippen LogP contribution in [0.3, 0.4) is 0 Å². The molecular formula is C15H28N2O2. The van der Waals surface area contributed by atoms with Crippen LogP contribution in [0.2, 0.25) is 0 Å². The molecule has 1 N–H and O–H groups in total. The van der Waals surface area contributed by atoms with Gasteiger partial charge in [0.1, 0.15) is 12.4 Å². The van der Waals surface area contributed by atoms with Crippen molar-refractivity contribution in [1.82, 2.24) is 10.3 Å². The molecule has 0 radical (unpaired) electrons. The molecule has 0 aromatic carbocycles. The van der Waals surface area contributed by atoms with Gasteiger partial charge in [-0.2, -0.15) is 0 Å². The molecule has 4 nitrogen and oxygen atoms in total. The van der Waals surface area contributed by atoms with Crippen molar-refractivity contribution >= 4 is 5.78 Å². The summed E-state index contributed by atoms with van der Waals surface area (Å²) in [6, 6.07) is 3.81. The molecule has 1 rings (SSSR count). The van der Waals surface area contributed by atoms with Crippen LogP contribution in [-0.2, 0) is 11.2 Å². The van der Waals surface area contributed by atoms with Crippen molar-refractivity contribution in [2.75, 3.05) is 19.7 Å². The topological polar surface area (TPSA) is 51.2 Å². The predicted octanol–water partition coefficient (Wildman–Crippen LogP) is 2.86. The molecule has 0 unspecified atom stereocenters. The third kappa shape index (κ3) is 9.19. The number of Topliss-reactive ketones (excluding diaryl/α,β-unsaturated/α-hetero) is 1. The fourth-order valence-corrected chi connectivity index (χ4v) is 1.37. The quantitative estimate of drug-likeness (QED) is 0.737. The molecule has 0 saturated heterocycles. The van der Waals surface area contributed by atoms with E-state index in [1.807, 2.05) is 26.0 Å². The van der Waals surface area contributed by atoms with Gasteiger partial charge in [0.15, 0.2) is 0 Å². The second kappa shape index (κ2) is 11.7. The van der Waals surface area contributed by atoms with Crippen molar-refractivity contribution in [2.24, 2.45) is 0 Å². The van der Waals surface area contributed by atoms with Gasteiger partial charge < -0.3 is 14.8 Å². The van der Waals surface area contributed by atoms with Crippen LogP contribution in [0.25, 0.3) is 0 Å². The third-order valence-electron chi connectivity index (χ3n) is 2.34. The minimum Gasteiger partial charge on any atom is -0.476 e. The van der Waals surface area contributed by atoms with Crippen molar-refractivity contribution in [3.63, 3.8) is 0 Å². The fraction of sp³-hybridized carbons (Fsp3) is 0.600. The summed E-state index contributed by atoms with van der Waals surface area (Å²) in [5, 5.41) is 3.17. The lowest BCUT2D eigenvalue weighted by atomic mass is 10.1. The van der Waals surface area contributed by atoms with Crippen LogP contribution in [0.5, 0.6) is 5.88 Å². The van der Waals surface area contributed by atoms with Crippen LogP contribution in [0, 0.1) is 0 Å². The maximum absolute atomic E-state index is 10.8. The lowest BCUT2D eigenvalue weighted by Gasteiger charge is -2.06. The van der Waals surface area contributed by atoms with E-state index in [4.69, 9.17) is 4.74 Å². The number of aromatic nitrogens is 1. The van der Waals surface area contributed by atoms with Gasteiger partial charge >= 0.3 is 0 Å². The van der Waals surface area contributed by atoms with Gasteiger partial charge in [-0.15, -0.1) is 0 Å². The predicted molar refractivity (Wildman–Crippen MR) is 80.7 cm³/mol. The van der Waals surface area contributed by atoms with Gasteiger partial charge in [0.05, 0.1) is 0 Å². The average molecular weight is 268 g/mol. The maximum Gasteiger partial charge on any atom is 0.213 e. The highest BCUT2D eigenvalue weighted by Gasteiger charge is 1.99. The van der Waals surface area contributed by atoms with Crippen LogP contribution in [0.1, 0.15) is 41.1 Å². The highest BCUT2D eigenvalue weighted by molar-refractivity contribution is 5.75. The standard InChI is InChI=1S/C13H20N2O2.C2H6.H2/c1-3-14-8-9-17-13-7-6-12(10-15-13)5-4-11(2)16;1-2;/h6-7,10,14H,3-5,8-9H2,1-2H3;1-2H3;1H. The SMILES string of the molecule is CC.CCNCCOc1ccc(CCC(C)=O)cn1.[HH]. The summed E-state index contributed by atoms with van der Waals surface area (Å²) >= 11 is 0. The summed E-state index contributed by atoms with van der Waals surface area (Å²) in [7, 11) is 0. The van der Waals surface area contributed by atoms with E-state index >= 15 is 0 Å². The van der Waals surface area contributed by atoms with Crippen molar-refractivity contribution in [3.05, 3.63) is 23.9 Å². The Morgan fingerprint density at radius 3 is 2.68 bits per heavy atom. The van der Waals surface area contributed by atoms with E-state index in [0.29, 0.717) is 18.9 Å². The third-order valence-corrected chi connectivity index (χ3v) is 2.34. The number of ketones is 1. The van der Waals surface area contributed by atoms with Crippen LogP contribution in [0.15, 0.2) is 18.3 Å². The van der Waals surface area contributed by atoms with Gasteiger partial charge in [0, 0.05) is 26.7 Å². The Labute approximate surface area is 118 Å². The van der Waals surface area contributed by atoms with E-state index in [2.05, 4.69) is 17.2 Å². The molecule has 1 aromatic heterocycles. The number of carbonyl (C=O) groups excluding carboxylic acids is 1. The average Bonchev–Trinajstić information content (AvgIpc) is 2.45. The first-order chi connectivity index (χ1) is 9.22. The zero-order chi connectivity index (χ0) is 14.5. The molecule has 0 aliphatic carbocycles. The zero-order valence-electron chi connectivity index (χ0n) is 12.5. The Morgan fingerprint density at radius 1 is 1.42 bits per heavy atom. The molecule has 0 fully saturated rings. The lowest BCUT2D eigenvalue weighted by Crippen LogP contribution is -2.20. The number of nitrogens with one attached hydrogen (secondary N) is 1. The van der Waals surface area contributed by atoms with Crippen LogP contribution >= 0.6 is 0 Å². The Hall–Kier alpha value is -1.42. The zero-order valence-corrected chi connectivity index (χ0v) is 12.5. The Morgan fingerprint density at radius 2 is 2.16 bits per heavy atom. The van der Waals surface area contributed by atoms with E-state index in [1.54, 1.807) is 13.1 Å². The van der Waals surface area contributed by atoms with Crippen molar-refractivity contribution in [1.29, 1.82) is 0 Å². The number of rotatable bonds is 8. The molecule has 0 bridgehead atoms. The minimum absolute atomic E-state index is 0. The van der Waals surface area contributed by atoms with E-state index in [9.17, 15) is 4.79 Å². The molecule has 0 amide bonds. The van der Waals surface area contributed by atoms with Crippen molar-refractivity contribution in [3.8, 4) is 5.88 Å². The van der Waals surface area contributed by atoms with E-state index in [0.717, 1.165) is 25.1 Å². The number of nitrogens with zero attached hydrogens (tertiary/aromatic N) is 1. The van der Waals surface area contributed by atoms with Gasteiger partial charge in [-0.05, 0) is 25.5 Å². The van der Waals surface area contributed by atoms with Gasteiger partial charge in [0.2, 0.25) is 5.88 Å². The molecule has 0 atom stereocenters. The summed E-state index contributed by atoms with van der Waals surface area (Å²) < 4.78 is 5.45. The number of ether oxygens (including phenoxy) is 1. The number of hydrogen-bond acceptors (Lipinski definition) is 4. The Bertz CT molecular complexity index is 342. The van der Waals surface area contributed by atoms with Crippen molar-refractivity contribution in [2.45, 2.75) is 40.5 Å². The van der Waals surface area contributed by atoms with Gasteiger partial charge in [-0.25, -0.2) is 4.98 Å². The van der Waals surface area contributed by atoms with Gasteiger partial charge in [-0.3, -0.25) is 0 Å². The van der Waals surface area contributed by atoms with Gasteiger partial charge in [0.25, 0.3) is 0 Å². The molecule has 1 heterocycles. The monoisotopic (exact) mass is 268 g/mol. The van der Waals surface area contributed by atoms with Crippen LogP contribution < -0.4 is 10.1 Å². The number of hydrogen-bond donors (Lipinski definition) is 1. The second-order valence-corrected chi connectivity index (χ2v) is 3.91. The molecule has 19 heavy (non-hydrogen) atoms. The van der Waals surface area contributed by atoms with Crippen LogP contribution in [-0.4, -0.2) is 30.5 Å². The normalized spacial score (nSPS) is 9.47. The smallest absolute Gasteiger partial charge is 0.213 e. The van der Waals surface area contributed by atoms with Crippen molar-refractivity contribution < 1.29 is 11.0 Å². The first kappa shape index (κ1) is 17.6. The summed E-state index contributed by atoms with van der Waals surface area (Å²) in [4.78, 5) is 15.0.